The number of nitrogens with two attached hydrogens (primary N) is 1. The number of hydrogen-bond acceptors (Lipinski definition) is 4. The van der Waals surface area contributed by atoms with Crippen molar-refractivity contribution < 1.29 is 18.0 Å². The van der Waals surface area contributed by atoms with E-state index in [1.54, 1.807) is 0 Å². The fourth-order valence-electron chi connectivity index (χ4n) is 1.30. The molecule has 104 valence electrons. The number of halogens is 3. The van der Waals surface area contributed by atoms with Gasteiger partial charge in [0.1, 0.15) is 0 Å². The SMILES string of the molecule is CC(=O)NCCC=Cc1cnc(N)nc1C(F)(F)F. The number of rotatable bonds is 4. The van der Waals surface area contributed by atoms with E-state index in [4.69, 9.17) is 5.73 Å². The highest BCUT2D eigenvalue weighted by atomic mass is 19.4. The van der Waals surface area contributed by atoms with Gasteiger partial charge in [0.15, 0.2) is 5.69 Å². The lowest BCUT2D eigenvalue weighted by Gasteiger charge is -2.09. The number of anilines is 1. The molecule has 1 aromatic rings. The van der Waals surface area contributed by atoms with E-state index in [2.05, 4.69) is 15.3 Å². The molecule has 1 heterocycles. The Morgan fingerprint density at radius 2 is 2.21 bits per heavy atom. The molecule has 0 aliphatic heterocycles. The molecule has 8 heteroatoms. The minimum Gasteiger partial charge on any atom is -0.368 e. The van der Waals surface area contributed by atoms with Crippen LogP contribution in [0.3, 0.4) is 0 Å². The maximum Gasteiger partial charge on any atom is 0.434 e. The molecular weight excluding hydrogens is 261 g/mol. The molecule has 0 radical (unpaired) electrons. The van der Waals surface area contributed by atoms with E-state index in [1.807, 2.05) is 0 Å². The lowest BCUT2D eigenvalue weighted by Crippen LogP contribution is -2.20. The van der Waals surface area contributed by atoms with Gasteiger partial charge in [-0.1, -0.05) is 12.2 Å². The Kier molecular flexibility index (Phi) is 4.85. The smallest absolute Gasteiger partial charge is 0.368 e. The number of nitrogen functional groups attached to an aromatic ring is 1. The normalized spacial score (nSPS) is 11.8. The van der Waals surface area contributed by atoms with Crippen molar-refractivity contribution in [2.75, 3.05) is 12.3 Å². The quantitative estimate of drug-likeness (QED) is 0.817. The van der Waals surface area contributed by atoms with Crippen molar-refractivity contribution in [3.05, 3.63) is 23.5 Å². The minimum absolute atomic E-state index is 0.162. The molecule has 0 aliphatic carbocycles. The average molecular weight is 274 g/mol. The van der Waals surface area contributed by atoms with E-state index in [-0.39, 0.29) is 11.5 Å². The predicted molar refractivity (Wildman–Crippen MR) is 63.8 cm³/mol. The monoisotopic (exact) mass is 274 g/mol. The summed E-state index contributed by atoms with van der Waals surface area (Å²) in [4.78, 5) is 17.3. The zero-order chi connectivity index (χ0) is 14.5. The maximum atomic E-state index is 12.7. The van der Waals surface area contributed by atoms with Crippen molar-refractivity contribution in [2.24, 2.45) is 0 Å². The first kappa shape index (κ1) is 14.9. The fourth-order valence-corrected chi connectivity index (χ4v) is 1.30. The zero-order valence-electron chi connectivity index (χ0n) is 10.2. The maximum absolute atomic E-state index is 12.7. The van der Waals surface area contributed by atoms with E-state index in [0.29, 0.717) is 13.0 Å². The molecule has 0 fully saturated rings. The molecule has 0 atom stereocenters. The molecule has 1 aromatic heterocycles. The molecular formula is C11H13F3N4O. The first-order valence-corrected chi connectivity index (χ1v) is 5.41. The number of hydrogen-bond donors (Lipinski definition) is 2. The van der Waals surface area contributed by atoms with Crippen molar-refractivity contribution in [3.63, 3.8) is 0 Å². The molecule has 1 rings (SSSR count). The summed E-state index contributed by atoms with van der Waals surface area (Å²) in [5.41, 5.74) is 3.90. The topological polar surface area (TPSA) is 80.9 Å². The number of alkyl halides is 3. The Morgan fingerprint density at radius 1 is 1.53 bits per heavy atom. The Hall–Kier alpha value is -2.12. The molecule has 5 nitrogen and oxygen atoms in total. The summed E-state index contributed by atoms with van der Waals surface area (Å²) < 4.78 is 38.0. The van der Waals surface area contributed by atoms with Crippen LogP contribution in [-0.4, -0.2) is 22.4 Å². The van der Waals surface area contributed by atoms with Crippen molar-refractivity contribution in [1.82, 2.24) is 15.3 Å². The van der Waals surface area contributed by atoms with Crippen molar-refractivity contribution in [1.29, 1.82) is 0 Å². The van der Waals surface area contributed by atoms with Gasteiger partial charge in [-0.15, -0.1) is 0 Å². The summed E-state index contributed by atoms with van der Waals surface area (Å²) in [5, 5.41) is 2.52. The van der Waals surface area contributed by atoms with Crippen LogP contribution in [0.25, 0.3) is 6.08 Å². The summed E-state index contributed by atoms with van der Waals surface area (Å²) in [7, 11) is 0. The van der Waals surface area contributed by atoms with Crippen molar-refractivity contribution in [2.45, 2.75) is 19.5 Å². The third-order valence-corrected chi connectivity index (χ3v) is 2.09. The molecule has 0 unspecified atom stereocenters. The molecule has 0 bridgehead atoms. The third kappa shape index (κ3) is 4.94. The van der Waals surface area contributed by atoms with Gasteiger partial charge in [-0.05, 0) is 6.42 Å². The van der Waals surface area contributed by atoms with Crippen LogP contribution in [0.2, 0.25) is 0 Å². The van der Waals surface area contributed by atoms with E-state index >= 15 is 0 Å². The second-order valence-corrected chi connectivity index (χ2v) is 3.70. The average Bonchev–Trinajstić information content (AvgIpc) is 2.28. The Morgan fingerprint density at radius 3 is 2.79 bits per heavy atom. The van der Waals surface area contributed by atoms with Gasteiger partial charge in [0.05, 0.1) is 0 Å². The van der Waals surface area contributed by atoms with Crippen LogP contribution in [0.4, 0.5) is 19.1 Å². The number of amides is 1. The second-order valence-electron chi connectivity index (χ2n) is 3.70. The summed E-state index contributed by atoms with van der Waals surface area (Å²) in [5.74, 6) is -0.622. The van der Waals surface area contributed by atoms with E-state index in [0.717, 1.165) is 6.20 Å². The van der Waals surface area contributed by atoms with Gasteiger partial charge in [-0.3, -0.25) is 4.79 Å². The van der Waals surface area contributed by atoms with Crippen molar-refractivity contribution in [3.8, 4) is 0 Å². The Bertz CT molecular complexity index is 485. The first-order valence-electron chi connectivity index (χ1n) is 5.41. The number of nitrogens with zero attached hydrogens (tertiary/aromatic N) is 2. The van der Waals surface area contributed by atoms with Gasteiger partial charge in [0.25, 0.3) is 0 Å². The Balaban J connectivity index is 2.78. The van der Waals surface area contributed by atoms with E-state index < -0.39 is 17.8 Å². The fraction of sp³-hybridized carbons (Fsp3) is 0.364. The summed E-state index contributed by atoms with van der Waals surface area (Å²) >= 11 is 0. The van der Waals surface area contributed by atoms with Crippen LogP contribution in [-0.2, 0) is 11.0 Å². The van der Waals surface area contributed by atoms with Crippen LogP contribution < -0.4 is 11.1 Å². The highest BCUT2D eigenvalue weighted by Crippen LogP contribution is 2.31. The number of aromatic nitrogens is 2. The lowest BCUT2D eigenvalue weighted by atomic mass is 10.2. The van der Waals surface area contributed by atoms with Crippen LogP contribution in [0.15, 0.2) is 12.3 Å². The first-order chi connectivity index (χ1) is 8.80. The van der Waals surface area contributed by atoms with Gasteiger partial charge in [-0.2, -0.15) is 13.2 Å². The van der Waals surface area contributed by atoms with Gasteiger partial charge < -0.3 is 11.1 Å². The summed E-state index contributed by atoms with van der Waals surface area (Å²) in [6.45, 7) is 1.71. The van der Waals surface area contributed by atoms with E-state index in [9.17, 15) is 18.0 Å². The second kappa shape index (κ2) is 6.17. The number of carbonyl (C=O) groups excluding carboxylic acids is 1. The highest BCUT2D eigenvalue weighted by Gasteiger charge is 2.35. The molecule has 0 saturated carbocycles. The highest BCUT2D eigenvalue weighted by molar-refractivity contribution is 5.72. The molecule has 0 aromatic carbocycles. The standard InChI is InChI=1S/C11H13F3N4O/c1-7(19)16-5-3-2-4-8-6-17-10(15)18-9(8)11(12,13)14/h2,4,6H,3,5H2,1H3,(H,16,19)(H2,15,17,18). The molecule has 0 aliphatic rings. The van der Waals surface area contributed by atoms with E-state index in [1.165, 1.54) is 19.1 Å². The number of nitrogens with one attached hydrogen (secondary N) is 1. The summed E-state index contributed by atoms with van der Waals surface area (Å²) in [6, 6.07) is 0. The Labute approximate surface area is 107 Å². The third-order valence-electron chi connectivity index (χ3n) is 2.09. The van der Waals surface area contributed by atoms with Crippen LogP contribution in [0.1, 0.15) is 24.6 Å². The van der Waals surface area contributed by atoms with Crippen LogP contribution in [0.5, 0.6) is 0 Å². The van der Waals surface area contributed by atoms with Gasteiger partial charge in [0, 0.05) is 25.2 Å². The molecule has 0 saturated heterocycles. The molecule has 3 N–H and O–H groups in total. The number of carbonyl (C=O) groups is 1. The van der Waals surface area contributed by atoms with Gasteiger partial charge >= 0.3 is 6.18 Å². The van der Waals surface area contributed by atoms with Crippen molar-refractivity contribution >= 4 is 17.9 Å². The lowest BCUT2D eigenvalue weighted by molar-refractivity contribution is -0.141. The molecule has 19 heavy (non-hydrogen) atoms. The summed E-state index contributed by atoms with van der Waals surface area (Å²) in [6.07, 6.45) is -0.417. The minimum atomic E-state index is -4.59. The molecule has 0 spiro atoms. The van der Waals surface area contributed by atoms with Crippen LogP contribution >= 0.6 is 0 Å². The largest absolute Gasteiger partial charge is 0.434 e. The van der Waals surface area contributed by atoms with Crippen LogP contribution in [0, 0.1) is 0 Å². The molecule has 1 amide bonds. The van der Waals surface area contributed by atoms with Gasteiger partial charge in [0.2, 0.25) is 11.9 Å². The zero-order valence-corrected chi connectivity index (χ0v) is 10.2. The van der Waals surface area contributed by atoms with Gasteiger partial charge in [-0.25, -0.2) is 9.97 Å². The predicted octanol–water partition coefficient (Wildman–Crippen LogP) is 1.62.